The number of rotatable bonds is 3. The monoisotopic (exact) mass is 240 g/mol. The molecular formula is C11H10F2N2O2. The highest BCUT2D eigenvalue weighted by atomic mass is 19.1. The van der Waals surface area contributed by atoms with Gasteiger partial charge in [0.15, 0.2) is 11.6 Å². The summed E-state index contributed by atoms with van der Waals surface area (Å²) >= 11 is 0. The Kier molecular flexibility index (Phi) is 2.95. The van der Waals surface area contributed by atoms with Crippen LogP contribution in [0.1, 0.15) is 5.56 Å². The van der Waals surface area contributed by atoms with Gasteiger partial charge in [0.05, 0.1) is 7.11 Å². The van der Waals surface area contributed by atoms with Crippen molar-refractivity contribution >= 4 is 5.88 Å². The Labute approximate surface area is 96.0 Å². The second-order valence-electron chi connectivity index (χ2n) is 3.41. The lowest BCUT2D eigenvalue weighted by Crippen LogP contribution is -1.94. The van der Waals surface area contributed by atoms with Gasteiger partial charge in [-0.15, -0.1) is 0 Å². The molecule has 4 nitrogen and oxygen atoms in total. The zero-order valence-corrected chi connectivity index (χ0v) is 9.04. The number of halogens is 2. The van der Waals surface area contributed by atoms with E-state index in [1.807, 2.05) is 0 Å². The Morgan fingerprint density at radius 3 is 2.71 bits per heavy atom. The number of ether oxygens (including phenoxy) is 1. The maximum atomic E-state index is 13.6. The van der Waals surface area contributed by atoms with Crippen LogP contribution in [-0.2, 0) is 6.67 Å². The maximum absolute atomic E-state index is 13.6. The molecule has 0 fully saturated rings. The quantitative estimate of drug-likeness (QED) is 0.895. The number of hydrogen-bond acceptors (Lipinski definition) is 4. The first kappa shape index (κ1) is 11.4. The molecule has 0 aliphatic carbocycles. The highest BCUT2D eigenvalue weighted by molar-refractivity contribution is 5.69. The van der Waals surface area contributed by atoms with Crippen LogP contribution in [0.2, 0.25) is 0 Å². The summed E-state index contributed by atoms with van der Waals surface area (Å²) in [5.41, 5.74) is 6.18. The Morgan fingerprint density at radius 2 is 2.18 bits per heavy atom. The van der Waals surface area contributed by atoms with E-state index in [9.17, 15) is 8.78 Å². The fourth-order valence-electron chi connectivity index (χ4n) is 1.54. The summed E-state index contributed by atoms with van der Waals surface area (Å²) in [4.78, 5) is 0. The van der Waals surface area contributed by atoms with Gasteiger partial charge in [-0.05, 0) is 17.7 Å². The van der Waals surface area contributed by atoms with Crippen molar-refractivity contribution in [3.8, 4) is 17.0 Å². The van der Waals surface area contributed by atoms with Crippen LogP contribution >= 0.6 is 0 Å². The summed E-state index contributed by atoms with van der Waals surface area (Å²) in [5.74, 6) is -0.581. The molecule has 0 amide bonds. The molecule has 17 heavy (non-hydrogen) atoms. The minimum absolute atomic E-state index is 0.0181. The van der Waals surface area contributed by atoms with E-state index >= 15 is 0 Å². The van der Waals surface area contributed by atoms with Crippen LogP contribution in [0.3, 0.4) is 0 Å². The second kappa shape index (κ2) is 4.40. The minimum Gasteiger partial charge on any atom is -0.493 e. The molecule has 0 spiro atoms. The van der Waals surface area contributed by atoms with Gasteiger partial charge < -0.3 is 15.0 Å². The van der Waals surface area contributed by atoms with E-state index in [0.29, 0.717) is 11.3 Å². The van der Waals surface area contributed by atoms with E-state index in [1.54, 1.807) is 0 Å². The predicted molar refractivity (Wildman–Crippen MR) is 57.7 cm³/mol. The third-order valence-electron chi connectivity index (χ3n) is 2.27. The number of hydrogen-bond donors (Lipinski definition) is 1. The average Bonchev–Trinajstić information content (AvgIpc) is 2.74. The van der Waals surface area contributed by atoms with Crippen LogP contribution in [0.5, 0.6) is 5.75 Å². The molecule has 6 heteroatoms. The summed E-state index contributed by atoms with van der Waals surface area (Å²) in [6.45, 7) is -0.777. The van der Waals surface area contributed by atoms with E-state index in [4.69, 9.17) is 10.5 Å². The molecule has 0 unspecified atom stereocenters. The molecule has 0 aliphatic rings. The SMILES string of the molecule is COc1c(F)cc(CF)cc1-c1cc(N)on1. The lowest BCUT2D eigenvalue weighted by atomic mass is 10.1. The first-order valence-corrected chi connectivity index (χ1v) is 4.80. The van der Waals surface area contributed by atoms with Gasteiger partial charge in [-0.1, -0.05) is 5.16 Å². The van der Waals surface area contributed by atoms with Gasteiger partial charge in [-0.25, -0.2) is 8.78 Å². The first-order valence-electron chi connectivity index (χ1n) is 4.80. The van der Waals surface area contributed by atoms with Crippen molar-refractivity contribution in [3.63, 3.8) is 0 Å². The van der Waals surface area contributed by atoms with Crippen molar-refractivity contribution in [2.45, 2.75) is 6.67 Å². The third kappa shape index (κ3) is 2.06. The van der Waals surface area contributed by atoms with Crippen LogP contribution < -0.4 is 10.5 Å². The van der Waals surface area contributed by atoms with Gasteiger partial charge in [0.2, 0.25) is 5.88 Å². The molecule has 0 radical (unpaired) electrons. The van der Waals surface area contributed by atoms with Crippen LogP contribution in [0, 0.1) is 5.82 Å². The van der Waals surface area contributed by atoms with Crippen LogP contribution in [0.15, 0.2) is 22.7 Å². The van der Waals surface area contributed by atoms with E-state index < -0.39 is 12.5 Å². The van der Waals surface area contributed by atoms with Crippen molar-refractivity contribution in [1.82, 2.24) is 5.16 Å². The minimum atomic E-state index is -0.777. The van der Waals surface area contributed by atoms with Gasteiger partial charge in [0.25, 0.3) is 0 Å². The highest BCUT2D eigenvalue weighted by Crippen LogP contribution is 2.33. The van der Waals surface area contributed by atoms with Gasteiger partial charge in [-0.3, -0.25) is 0 Å². The van der Waals surface area contributed by atoms with Crippen LogP contribution in [-0.4, -0.2) is 12.3 Å². The van der Waals surface area contributed by atoms with E-state index in [1.165, 1.54) is 19.2 Å². The Bertz CT molecular complexity index is 540. The average molecular weight is 240 g/mol. The lowest BCUT2D eigenvalue weighted by molar-refractivity contribution is 0.385. The molecule has 1 aromatic carbocycles. The highest BCUT2D eigenvalue weighted by Gasteiger charge is 2.16. The van der Waals surface area contributed by atoms with Crippen LogP contribution in [0.4, 0.5) is 14.7 Å². The fraction of sp³-hybridized carbons (Fsp3) is 0.182. The van der Waals surface area contributed by atoms with E-state index in [0.717, 1.165) is 6.07 Å². The molecule has 0 aliphatic heterocycles. The van der Waals surface area contributed by atoms with Gasteiger partial charge in [-0.2, -0.15) is 0 Å². The number of nitrogen functional groups attached to an aromatic ring is 1. The fourth-order valence-corrected chi connectivity index (χ4v) is 1.54. The van der Waals surface area contributed by atoms with Crippen molar-refractivity contribution in [2.75, 3.05) is 12.8 Å². The second-order valence-corrected chi connectivity index (χ2v) is 3.41. The number of alkyl halides is 1. The van der Waals surface area contributed by atoms with Crippen molar-refractivity contribution in [2.24, 2.45) is 0 Å². The van der Waals surface area contributed by atoms with Crippen molar-refractivity contribution < 1.29 is 18.0 Å². The molecule has 0 saturated heterocycles. The molecule has 0 saturated carbocycles. The number of anilines is 1. The molecular weight excluding hydrogens is 230 g/mol. The normalized spacial score (nSPS) is 10.5. The Hall–Kier alpha value is -2.11. The summed E-state index contributed by atoms with van der Waals surface area (Å²) in [6.07, 6.45) is 0. The lowest BCUT2D eigenvalue weighted by Gasteiger charge is -2.08. The number of nitrogens with zero attached hydrogens (tertiary/aromatic N) is 1. The number of benzene rings is 1. The number of methoxy groups -OCH3 is 1. The smallest absolute Gasteiger partial charge is 0.222 e. The molecule has 0 atom stereocenters. The van der Waals surface area contributed by atoms with Crippen LogP contribution in [0.25, 0.3) is 11.3 Å². The largest absolute Gasteiger partial charge is 0.493 e. The summed E-state index contributed by atoms with van der Waals surface area (Å²) < 4.78 is 35.8. The summed E-state index contributed by atoms with van der Waals surface area (Å²) in [7, 11) is 1.32. The molecule has 2 N–H and O–H groups in total. The predicted octanol–water partition coefficient (Wildman–Crippen LogP) is 2.54. The first-order chi connectivity index (χ1) is 8.15. The van der Waals surface area contributed by atoms with E-state index in [-0.39, 0.29) is 17.2 Å². The van der Waals surface area contributed by atoms with Crippen molar-refractivity contribution in [1.29, 1.82) is 0 Å². The Morgan fingerprint density at radius 1 is 1.41 bits per heavy atom. The zero-order valence-electron chi connectivity index (χ0n) is 9.04. The number of aromatic nitrogens is 1. The summed E-state index contributed by atoms with van der Waals surface area (Å²) in [6, 6.07) is 3.93. The van der Waals surface area contributed by atoms with Gasteiger partial charge >= 0.3 is 0 Å². The zero-order chi connectivity index (χ0) is 12.4. The molecule has 90 valence electrons. The molecule has 2 rings (SSSR count). The van der Waals surface area contributed by atoms with Gasteiger partial charge in [0.1, 0.15) is 12.4 Å². The molecule has 1 heterocycles. The topological polar surface area (TPSA) is 61.3 Å². The maximum Gasteiger partial charge on any atom is 0.222 e. The van der Waals surface area contributed by atoms with E-state index in [2.05, 4.69) is 9.68 Å². The third-order valence-corrected chi connectivity index (χ3v) is 2.27. The molecule has 1 aromatic heterocycles. The Balaban J connectivity index is 2.61. The standard InChI is InChI=1S/C11H10F2N2O2/c1-16-11-7(9-4-10(14)17-15-9)2-6(5-12)3-8(11)13/h2-4H,5,14H2,1H3. The molecule has 2 aromatic rings. The van der Waals surface area contributed by atoms with Crippen molar-refractivity contribution in [3.05, 3.63) is 29.6 Å². The molecule has 0 bridgehead atoms. The summed E-state index contributed by atoms with van der Waals surface area (Å²) in [5, 5.41) is 3.64. The van der Waals surface area contributed by atoms with Gasteiger partial charge in [0, 0.05) is 11.6 Å². The number of nitrogens with two attached hydrogens (primary N) is 1.